The quantitative estimate of drug-likeness (QED) is 0.581. The molecule has 4 atom stereocenters. The largest absolute Gasteiger partial charge is 0.508 e. The van der Waals surface area contributed by atoms with Gasteiger partial charge in [-0.15, -0.1) is 0 Å². The predicted molar refractivity (Wildman–Crippen MR) is 45.2 cm³/mol. The van der Waals surface area contributed by atoms with Crippen LogP contribution >= 0.6 is 0 Å². The number of carbonyl (C=O) groups excluding carboxylic acids is 1. The maximum Gasteiger partial charge on any atom is 0.508 e. The van der Waals surface area contributed by atoms with Crippen LogP contribution in [0.15, 0.2) is 0 Å². The molecule has 3 heteroatoms. The zero-order valence-corrected chi connectivity index (χ0v) is 7.57. The van der Waals surface area contributed by atoms with Gasteiger partial charge in [-0.3, -0.25) is 0 Å². The first kappa shape index (κ1) is 7.65. The first-order valence-corrected chi connectivity index (χ1v) is 5.16. The molecule has 3 fully saturated rings. The van der Waals surface area contributed by atoms with E-state index in [2.05, 4.69) is 0 Å². The van der Waals surface area contributed by atoms with Gasteiger partial charge in [-0.2, -0.15) is 0 Å². The fourth-order valence-corrected chi connectivity index (χ4v) is 3.30. The number of fused-ring (bicyclic) bond motifs is 2. The summed E-state index contributed by atoms with van der Waals surface area (Å²) in [4.78, 5) is 10.8. The molecule has 3 rings (SSSR count). The SMILES string of the molecule is O=C1OC[C@H](C2C[C@@H]3CC[C@H]2C3)O1. The van der Waals surface area contributed by atoms with E-state index in [4.69, 9.17) is 9.47 Å². The van der Waals surface area contributed by atoms with Gasteiger partial charge in [0.1, 0.15) is 12.7 Å². The highest BCUT2D eigenvalue weighted by Crippen LogP contribution is 2.50. The molecule has 0 spiro atoms. The second kappa shape index (κ2) is 2.63. The van der Waals surface area contributed by atoms with Crippen molar-refractivity contribution in [3.63, 3.8) is 0 Å². The van der Waals surface area contributed by atoms with Crippen molar-refractivity contribution in [3.05, 3.63) is 0 Å². The molecule has 0 aromatic heterocycles. The lowest BCUT2D eigenvalue weighted by Crippen LogP contribution is -2.27. The van der Waals surface area contributed by atoms with E-state index in [1.54, 1.807) is 0 Å². The van der Waals surface area contributed by atoms with Crippen LogP contribution < -0.4 is 0 Å². The lowest BCUT2D eigenvalue weighted by molar-refractivity contribution is 0.0794. The predicted octanol–water partition coefficient (Wildman–Crippen LogP) is 1.96. The average Bonchev–Trinajstić information content (AvgIpc) is 2.77. The molecule has 3 aliphatic rings. The van der Waals surface area contributed by atoms with Gasteiger partial charge in [0.05, 0.1) is 0 Å². The standard InChI is InChI=1S/C10H14O3/c11-10-12-5-9(13-10)8-4-6-1-2-7(8)3-6/h6-9H,1-5H2/t6-,7+,8?,9-/m1/s1. The van der Waals surface area contributed by atoms with Crippen LogP contribution in [0.1, 0.15) is 25.7 Å². The molecule has 1 unspecified atom stereocenters. The van der Waals surface area contributed by atoms with Gasteiger partial charge in [0, 0.05) is 5.92 Å². The van der Waals surface area contributed by atoms with Gasteiger partial charge in [0.25, 0.3) is 0 Å². The summed E-state index contributed by atoms with van der Waals surface area (Å²) in [6.45, 7) is 0.493. The minimum atomic E-state index is -0.465. The van der Waals surface area contributed by atoms with E-state index in [0.717, 1.165) is 11.8 Å². The molecule has 2 saturated carbocycles. The summed E-state index contributed by atoms with van der Waals surface area (Å²) in [5, 5.41) is 0. The third-order valence-electron chi connectivity index (χ3n) is 3.88. The Bertz CT molecular complexity index is 238. The molecule has 13 heavy (non-hydrogen) atoms. The Hall–Kier alpha value is -0.730. The third kappa shape index (κ3) is 1.13. The molecule has 3 nitrogen and oxygen atoms in total. The molecule has 0 radical (unpaired) electrons. The highest BCUT2D eigenvalue weighted by Gasteiger charge is 2.46. The third-order valence-corrected chi connectivity index (χ3v) is 3.88. The van der Waals surface area contributed by atoms with Crippen LogP contribution in [0.5, 0.6) is 0 Å². The number of rotatable bonds is 1. The van der Waals surface area contributed by atoms with Gasteiger partial charge in [-0.25, -0.2) is 4.79 Å². The molecule has 0 aromatic carbocycles. The Labute approximate surface area is 77.4 Å². The lowest BCUT2D eigenvalue weighted by Gasteiger charge is -2.24. The highest BCUT2D eigenvalue weighted by atomic mass is 16.8. The van der Waals surface area contributed by atoms with E-state index in [1.165, 1.54) is 25.7 Å². The van der Waals surface area contributed by atoms with Crippen molar-refractivity contribution >= 4 is 6.16 Å². The summed E-state index contributed by atoms with van der Waals surface area (Å²) in [5.41, 5.74) is 0. The van der Waals surface area contributed by atoms with Crippen LogP contribution in [0.4, 0.5) is 4.79 Å². The first-order chi connectivity index (χ1) is 6.33. The first-order valence-electron chi connectivity index (χ1n) is 5.16. The van der Waals surface area contributed by atoms with Gasteiger partial charge in [-0.05, 0) is 31.1 Å². The normalized spacial score (nSPS) is 47.8. The number of hydrogen-bond acceptors (Lipinski definition) is 3. The molecule has 0 amide bonds. The monoisotopic (exact) mass is 182 g/mol. The van der Waals surface area contributed by atoms with Gasteiger partial charge in [0.2, 0.25) is 0 Å². The van der Waals surface area contributed by atoms with Crippen molar-refractivity contribution in [3.8, 4) is 0 Å². The number of hydrogen-bond donors (Lipinski definition) is 0. The van der Waals surface area contributed by atoms with E-state index >= 15 is 0 Å². The second-order valence-electron chi connectivity index (χ2n) is 4.56. The van der Waals surface area contributed by atoms with E-state index in [1.807, 2.05) is 0 Å². The maximum absolute atomic E-state index is 10.8. The summed E-state index contributed by atoms with van der Waals surface area (Å²) in [7, 11) is 0. The van der Waals surface area contributed by atoms with Crippen molar-refractivity contribution in [2.45, 2.75) is 31.8 Å². The topological polar surface area (TPSA) is 35.5 Å². The Kier molecular flexibility index (Phi) is 1.55. The fraction of sp³-hybridized carbons (Fsp3) is 0.900. The molecular weight excluding hydrogens is 168 g/mol. The van der Waals surface area contributed by atoms with Crippen LogP contribution in [0.25, 0.3) is 0 Å². The molecule has 1 saturated heterocycles. The van der Waals surface area contributed by atoms with E-state index in [-0.39, 0.29) is 6.10 Å². The van der Waals surface area contributed by atoms with Crippen LogP contribution in [0.3, 0.4) is 0 Å². The van der Waals surface area contributed by atoms with E-state index in [0.29, 0.717) is 12.5 Å². The van der Waals surface area contributed by atoms with Gasteiger partial charge >= 0.3 is 6.16 Å². The molecule has 0 N–H and O–H groups in total. The van der Waals surface area contributed by atoms with Crippen molar-refractivity contribution < 1.29 is 14.3 Å². The lowest BCUT2D eigenvalue weighted by atomic mass is 9.85. The zero-order chi connectivity index (χ0) is 8.84. The minimum Gasteiger partial charge on any atom is -0.430 e. The maximum atomic E-state index is 10.8. The van der Waals surface area contributed by atoms with Gasteiger partial charge in [0.15, 0.2) is 0 Å². The Morgan fingerprint density at radius 3 is 2.69 bits per heavy atom. The Morgan fingerprint density at radius 2 is 2.15 bits per heavy atom. The molecular formula is C10H14O3. The molecule has 2 aliphatic carbocycles. The molecule has 1 aliphatic heterocycles. The number of cyclic esters (lactones) is 2. The van der Waals surface area contributed by atoms with Gasteiger partial charge < -0.3 is 9.47 Å². The molecule has 2 bridgehead atoms. The Balaban J connectivity index is 1.69. The van der Waals surface area contributed by atoms with Crippen molar-refractivity contribution in [2.75, 3.05) is 6.61 Å². The van der Waals surface area contributed by atoms with Crippen LogP contribution in [-0.4, -0.2) is 18.9 Å². The summed E-state index contributed by atoms with van der Waals surface area (Å²) in [6, 6.07) is 0. The van der Waals surface area contributed by atoms with E-state index < -0.39 is 6.16 Å². The van der Waals surface area contributed by atoms with Gasteiger partial charge in [-0.1, -0.05) is 6.42 Å². The Morgan fingerprint density at radius 1 is 1.23 bits per heavy atom. The summed E-state index contributed by atoms with van der Waals surface area (Å²) in [5.74, 6) is 2.32. The number of carbonyl (C=O) groups is 1. The number of ether oxygens (including phenoxy) is 2. The minimum absolute atomic E-state index is 0.0720. The fourth-order valence-electron chi connectivity index (χ4n) is 3.30. The molecule has 72 valence electrons. The summed E-state index contributed by atoms with van der Waals surface area (Å²) in [6.07, 6.45) is 4.95. The van der Waals surface area contributed by atoms with Crippen molar-refractivity contribution in [1.82, 2.24) is 0 Å². The van der Waals surface area contributed by atoms with Crippen LogP contribution in [0.2, 0.25) is 0 Å². The smallest absolute Gasteiger partial charge is 0.430 e. The summed E-state index contributed by atoms with van der Waals surface area (Å²) < 4.78 is 9.96. The summed E-state index contributed by atoms with van der Waals surface area (Å²) >= 11 is 0. The zero-order valence-electron chi connectivity index (χ0n) is 7.57. The average molecular weight is 182 g/mol. The second-order valence-corrected chi connectivity index (χ2v) is 4.56. The van der Waals surface area contributed by atoms with Crippen molar-refractivity contribution in [1.29, 1.82) is 0 Å². The molecule has 1 heterocycles. The molecule has 0 aromatic rings. The van der Waals surface area contributed by atoms with Crippen molar-refractivity contribution in [2.24, 2.45) is 17.8 Å². The van der Waals surface area contributed by atoms with E-state index in [9.17, 15) is 4.79 Å². The van der Waals surface area contributed by atoms with Crippen LogP contribution in [0, 0.1) is 17.8 Å². The van der Waals surface area contributed by atoms with Crippen LogP contribution in [-0.2, 0) is 9.47 Å². The highest BCUT2D eigenvalue weighted by molar-refractivity contribution is 5.61.